The topological polar surface area (TPSA) is 94.3 Å². The fourth-order valence-electron chi connectivity index (χ4n) is 1.91. The Hall–Kier alpha value is -2.70. The Bertz CT molecular complexity index is 703. The summed E-state index contributed by atoms with van der Waals surface area (Å²) in [7, 11) is 0. The number of anilines is 1. The number of ether oxygens (including phenoxy) is 1. The standard InChI is InChI=1S/C14H14FN3O3/c1-2-21-12(19)7-18-14(20)13-10-5-8(15)6-11(16)9(10)3-4-17-13/h3-6H,2,7,16H2,1H3,(H,18,20). The minimum Gasteiger partial charge on any atom is -0.465 e. The Morgan fingerprint density at radius 3 is 2.86 bits per heavy atom. The van der Waals surface area contributed by atoms with Crippen LogP contribution < -0.4 is 11.1 Å². The Labute approximate surface area is 120 Å². The molecule has 6 nitrogen and oxygen atoms in total. The van der Waals surface area contributed by atoms with Crippen LogP contribution >= 0.6 is 0 Å². The molecule has 2 aromatic rings. The number of pyridine rings is 1. The first-order valence-corrected chi connectivity index (χ1v) is 6.30. The van der Waals surface area contributed by atoms with Gasteiger partial charge in [-0.3, -0.25) is 14.6 Å². The van der Waals surface area contributed by atoms with Crippen molar-refractivity contribution in [2.75, 3.05) is 18.9 Å². The largest absolute Gasteiger partial charge is 0.465 e. The van der Waals surface area contributed by atoms with Crippen LogP contribution in [-0.2, 0) is 9.53 Å². The van der Waals surface area contributed by atoms with E-state index >= 15 is 0 Å². The van der Waals surface area contributed by atoms with Crippen LogP contribution in [0.5, 0.6) is 0 Å². The van der Waals surface area contributed by atoms with E-state index in [1.54, 1.807) is 13.0 Å². The number of nitrogens with two attached hydrogens (primary N) is 1. The number of nitrogen functional groups attached to an aromatic ring is 1. The summed E-state index contributed by atoms with van der Waals surface area (Å²) in [6.07, 6.45) is 1.40. The van der Waals surface area contributed by atoms with E-state index in [0.717, 1.165) is 0 Å². The summed E-state index contributed by atoms with van der Waals surface area (Å²) in [4.78, 5) is 27.2. The van der Waals surface area contributed by atoms with E-state index in [-0.39, 0.29) is 29.9 Å². The number of hydrogen-bond donors (Lipinski definition) is 2. The number of nitrogens with zero attached hydrogens (tertiary/aromatic N) is 1. The minimum atomic E-state index is -0.598. The maximum absolute atomic E-state index is 13.4. The molecule has 0 aliphatic carbocycles. The molecule has 21 heavy (non-hydrogen) atoms. The van der Waals surface area contributed by atoms with Gasteiger partial charge in [0, 0.05) is 22.7 Å². The number of carbonyl (C=O) groups is 2. The van der Waals surface area contributed by atoms with E-state index in [2.05, 4.69) is 10.3 Å². The lowest BCUT2D eigenvalue weighted by Gasteiger charge is -2.08. The second kappa shape index (κ2) is 6.17. The third-order valence-electron chi connectivity index (χ3n) is 2.79. The highest BCUT2D eigenvalue weighted by molar-refractivity contribution is 6.08. The first-order chi connectivity index (χ1) is 10.0. The van der Waals surface area contributed by atoms with Crippen LogP contribution in [0.25, 0.3) is 10.8 Å². The zero-order valence-corrected chi connectivity index (χ0v) is 11.4. The third-order valence-corrected chi connectivity index (χ3v) is 2.79. The van der Waals surface area contributed by atoms with Gasteiger partial charge in [-0.1, -0.05) is 0 Å². The van der Waals surface area contributed by atoms with Crippen LogP contribution in [0.4, 0.5) is 10.1 Å². The van der Waals surface area contributed by atoms with Gasteiger partial charge < -0.3 is 15.8 Å². The van der Waals surface area contributed by atoms with E-state index in [1.165, 1.54) is 18.3 Å². The molecule has 1 aromatic carbocycles. The van der Waals surface area contributed by atoms with Crippen LogP contribution in [0.1, 0.15) is 17.4 Å². The Balaban J connectivity index is 2.29. The lowest BCUT2D eigenvalue weighted by Crippen LogP contribution is -2.31. The zero-order chi connectivity index (χ0) is 15.4. The van der Waals surface area contributed by atoms with Crippen LogP contribution in [-0.4, -0.2) is 30.0 Å². The van der Waals surface area contributed by atoms with Gasteiger partial charge in [-0.25, -0.2) is 4.39 Å². The maximum Gasteiger partial charge on any atom is 0.325 e. The maximum atomic E-state index is 13.4. The summed E-state index contributed by atoms with van der Waals surface area (Å²) in [5.74, 6) is -1.72. The number of hydrogen-bond acceptors (Lipinski definition) is 5. The molecule has 0 saturated carbocycles. The average molecular weight is 291 g/mol. The summed E-state index contributed by atoms with van der Waals surface area (Å²) in [6.45, 7) is 1.61. The van der Waals surface area contributed by atoms with E-state index in [0.29, 0.717) is 5.39 Å². The van der Waals surface area contributed by atoms with Crippen LogP contribution in [0.2, 0.25) is 0 Å². The van der Waals surface area contributed by atoms with Gasteiger partial charge in [0.15, 0.2) is 0 Å². The second-order valence-corrected chi connectivity index (χ2v) is 4.24. The Kier molecular flexibility index (Phi) is 4.32. The predicted molar refractivity (Wildman–Crippen MR) is 75.1 cm³/mol. The molecule has 0 spiro atoms. The van der Waals surface area contributed by atoms with E-state index < -0.39 is 17.7 Å². The van der Waals surface area contributed by atoms with Crippen LogP contribution in [0, 0.1) is 5.82 Å². The van der Waals surface area contributed by atoms with Crippen molar-refractivity contribution in [3.05, 3.63) is 35.9 Å². The molecule has 1 aromatic heterocycles. The van der Waals surface area contributed by atoms with Crippen molar-refractivity contribution in [3.8, 4) is 0 Å². The highest BCUT2D eigenvalue weighted by Gasteiger charge is 2.15. The highest BCUT2D eigenvalue weighted by Crippen LogP contribution is 2.24. The van der Waals surface area contributed by atoms with Crippen molar-refractivity contribution in [1.82, 2.24) is 10.3 Å². The lowest BCUT2D eigenvalue weighted by atomic mass is 10.1. The number of carbonyl (C=O) groups excluding carboxylic acids is 2. The van der Waals surface area contributed by atoms with E-state index in [9.17, 15) is 14.0 Å². The molecule has 1 heterocycles. The number of aromatic nitrogens is 1. The molecule has 1 amide bonds. The molecule has 0 aliphatic heterocycles. The molecule has 0 atom stereocenters. The van der Waals surface area contributed by atoms with Gasteiger partial charge in [-0.15, -0.1) is 0 Å². The normalized spacial score (nSPS) is 10.4. The van der Waals surface area contributed by atoms with Crippen molar-refractivity contribution < 1.29 is 18.7 Å². The summed E-state index contributed by atoms with van der Waals surface area (Å²) in [6, 6.07) is 3.94. The first-order valence-electron chi connectivity index (χ1n) is 6.30. The quantitative estimate of drug-likeness (QED) is 0.653. The molecule has 0 radical (unpaired) electrons. The number of rotatable bonds is 4. The summed E-state index contributed by atoms with van der Waals surface area (Å²) < 4.78 is 18.1. The van der Waals surface area contributed by atoms with Crippen molar-refractivity contribution in [1.29, 1.82) is 0 Å². The van der Waals surface area contributed by atoms with Crippen LogP contribution in [0.3, 0.4) is 0 Å². The van der Waals surface area contributed by atoms with Crippen molar-refractivity contribution in [2.45, 2.75) is 6.92 Å². The van der Waals surface area contributed by atoms with E-state index in [1.807, 2.05) is 0 Å². The number of nitrogens with one attached hydrogen (secondary N) is 1. The van der Waals surface area contributed by atoms with Gasteiger partial charge in [0.25, 0.3) is 5.91 Å². The number of amides is 1. The zero-order valence-electron chi connectivity index (χ0n) is 11.4. The first kappa shape index (κ1) is 14.7. The summed E-state index contributed by atoms with van der Waals surface area (Å²) in [5.41, 5.74) is 5.93. The second-order valence-electron chi connectivity index (χ2n) is 4.24. The van der Waals surface area contributed by atoms with E-state index in [4.69, 9.17) is 10.5 Å². The van der Waals surface area contributed by atoms with Gasteiger partial charge in [-0.05, 0) is 25.1 Å². The molecule has 2 rings (SSSR count). The minimum absolute atomic E-state index is 0.00278. The molecular weight excluding hydrogens is 277 g/mol. The summed E-state index contributed by atoms with van der Waals surface area (Å²) in [5, 5.41) is 3.18. The predicted octanol–water partition coefficient (Wildman–Crippen LogP) is 1.25. The van der Waals surface area contributed by atoms with Gasteiger partial charge in [0.1, 0.15) is 18.1 Å². The monoisotopic (exact) mass is 291 g/mol. The molecular formula is C14H14FN3O3. The Morgan fingerprint density at radius 1 is 1.38 bits per heavy atom. The average Bonchev–Trinajstić information content (AvgIpc) is 2.44. The molecule has 0 unspecified atom stereocenters. The number of fused-ring (bicyclic) bond motifs is 1. The smallest absolute Gasteiger partial charge is 0.325 e. The number of esters is 1. The lowest BCUT2D eigenvalue weighted by molar-refractivity contribution is -0.141. The fourth-order valence-corrected chi connectivity index (χ4v) is 1.91. The van der Waals surface area contributed by atoms with Crippen molar-refractivity contribution >= 4 is 28.3 Å². The molecule has 7 heteroatoms. The molecule has 0 fully saturated rings. The SMILES string of the molecule is CCOC(=O)CNC(=O)c1nccc2c(N)cc(F)cc12. The molecule has 0 saturated heterocycles. The third kappa shape index (κ3) is 3.25. The van der Waals surface area contributed by atoms with Crippen molar-refractivity contribution in [3.63, 3.8) is 0 Å². The van der Waals surface area contributed by atoms with Gasteiger partial charge in [0.2, 0.25) is 0 Å². The molecule has 110 valence electrons. The fraction of sp³-hybridized carbons (Fsp3) is 0.214. The van der Waals surface area contributed by atoms with Crippen molar-refractivity contribution in [2.24, 2.45) is 0 Å². The molecule has 3 N–H and O–H groups in total. The van der Waals surface area contributed by atoms with Gasteiger partial charge >= 0.3 is 5.97 Å². The highest BCUT2D eigenvalue weighted by atomic mass is 19.1. The number of halogens is 1. The number of benzene rings is 1. The summed E-state index contributed by atoms with van der Waals surface area (Å²) >= 11 is 0. The van der Waals surface area contributed by atoms with Crippen LogP contribution in [0.15, 0.2) is 24.4 Å². The van der Waals surface area contributed by atoms with Gasteiger partial charge in [-0.2, -0.15) is 0 Å². The molecule has 0 bridgehead atoms. The Morgan fingerprint density at radius 2 is 2.14 bits per heavy atom. The molecule has 0 aliphatic rings. The van der Waals surface area contributed by atoms with Gasteiger partial charge in [0.05, 0.1) is 6.61 Å².